The molecule has 0 saturated carbocycles. The SMILES string of the molecule is CCSc1ccccc1C(=O)N(CCCN1CCOCC1)c1nc2c(C)cc(Cl)cc2s1. The molecule has 0 spiro atoms. The summed E-state index contributed by atoms with van der Waals surface area (Å²) in [5.41, 5.74) is 2.67. The number of carbonyl (C=O) groups is 1. The smallest absolute Gasteiger partial charge is 0.261 e. The quantitative estimate of drug-likeness (QED) is 0.377. The third-order valence-electron chi connectivity index (χ3n) is 5.49. The van der Waals surface area contributed by atoms with E-state index in [9.17, 15) is 4.79 Å². The number of halogens is 1. The van der Waals surface area contributed by atoms with Crippen molar-refractivity contribution in [2.24, 2.45) is 0 Å². The number of ether oxygens (including phenoxy) is 1. The summed E-state index contributed by atoms with van der Waals surface area (Å²) in [5, 5.41) is 1.42. The zero-order valence-electron chi connectivity index (χ0n) is 18.5. The standard InChI is InChI=1S/C24H28ClN3O2S2/c1-3-31-20-8-5-4-7-19(20)23(29)28(10-6-9-27-11-13-30-14-12-27)24-26-22-17(2)15-18(25)16-21(22)32-24/h4-5,7-8,15-16H,3,6,9-14H2,1-2H3. The summed E-state index contributed by atoms with van der Waals surface area (Å²) in [4.78, 5) is 23.9. The molecule has 2 heterocycles. The molecule has 0 bridgehead atoms. The molecule has 1 aromatic heterocycles. The zero-order chi connectivity index (χ0) is 22.5. The van der Waals surface area contributed by atoms with E-state index in [-0.39, 0.29) is 5.91 Å². The van der Waals surface area contributed by atoms with Gasteiger partial charge in [-0.25, -0.2) is 4.98 Å². The summed E-state index contributed by atoms with van der Waals surface area (Å²) in [6.45, 7) is 9.12. The Morgan fingerprint density at radius 3 is 2.84 bits per heavy atom. The van der Waals surface area contributed by atoms with Gasteiger partial charge in [0.2, 0.25) is 0 Å². The first-order chi connectivity index (χ1) is 15.6. The number of hydrogen-bond donors (Lipinski definition) is 0. The monoisotopic (exact) mass is 489 g/mol. The Bertz CT molecular complexity index is 1080. The highest BCUT2D eigenvalue weighted by Gasteiger charge is 2.24. The normalized spacial score (nSPS) is 14.7. The second kappa shape index (κ2) is 11.0. The van der Waals surface area contributed by atoms with Crippen LogP contribution in [0.15, 0.2) is 41.3 Å². The maximum atomic E-state index is 13.8. The van der Waals surface area contributed by atoms with Crippen LogP contribution in [-0.2, 0) is 4.74 Å². The van der Waals surface area contributed by atoms with Gasteiger partial charge in [0.1, 0.15) is 0 Å². The van der Waals surface area contributed by atoms with Crippen LogP contribution >= 0.6 is 34.7 Å². The fraction of sp³-hybridized carbons (Fsp3) is 0.417. The van der Waals surface area contributed by atoms with Crippen molar-refractivity contribution < 1.29 is 9.53 Å². The molecule has 1 aliphatic rings. The molecule has 2 aromatic carbocycles. The van der Waals surface area contributed by atoms with Gasteiger partial charge in [-0.3, -0.25) is 14.6 Å². The van der Waals surface area contributed by atoms with E-state index in [4.69, 9.17) is 21.3 Å². The molecule has 170 valence electrons. The summed E-state index contributed by atoms with van der Waals surface area (Å²) in [7, 11) is 0. The Labute approximate surface area is 202 Å². The molecule has 0 atom stereocenters. The van der Waals surface area contributed by atoms with Crippen molar-refractivity contribution in [1.82, 2.24) is 9.88 Å². The number of benzene rings is 2. The molecule has 1 aliphatic heterocycles. The number of nitrogens with zero attached hydrogens (tertiary/aromatic N) is 3. The molecule has 1 amide bonds. The number of anilines is 1. The average molecular weight is 490 g/mol. The molecule has 0 unspecified atom stereocenters. The third-order valence-corrected chi connectivity index (χ3v) is 7.69. The summed E-state index contributed by atoms with van der Waals surface area (Å²) in [6, 6.07) is 11.7. The lowest BCUT2D eigenvalue weighted by Gasteiger charge is -2.28. The lowest BCUT2D eigenvalue weighted by Crippen LogP contribution is -2.39. The number of thiazole rings is 1. The molecule has 1 fully saturated rings. The van der Waals surface area contributed by atoms with Crippen LogP contribution in [0.5, 0.6) is 0 Å². The Morgan fingerprint density at radius 1 is 1.28 bits per heavy atom. The molecule has 1 saturated heterocycles. The van der Waals surface area contributed by atoms with E-state index >= 15 is 0 Å². The first-order valence-corrected chi connectivity index (χ1v) is 13.2. The van der Waals surface area contributed by atoms with E-state index in [2.05, 4.69) is 11.8 Å². The van der Waals surface area contributed by atoms with Crippen LogP contribution in [0, 0.1) is 6.92 Å². The minimum Gasteiger partial charge on any atom is -0.379 e. The minimum atomic E-state index is 0.00586. The van der Waals surface area contributed by atoms with Gasteiger partial charge in [-0.05, 0) is 48.9 Å². The second-order valence-electron chi connectivity index (χ2n) is 7.76. The van der Waals surface area contributed by atoms with Gasteiger partial charge in [0.25, 0.3) is 5.91 Å². The first kappa shape index (κ1) is 23.5. The van der Waals surface area contributed by atoms with Gasteiger partial charge in [0.05, 0.1) is 29.0 Å². The maximum Gasteiger partial charge on any atom is 0.261 e. The van der Waals surface area contributed by atoms with Gasteiger partial charge in [-0.2, -0.15) is 0 Å². The van der Waals surface area contributed by atoms with Gasteiger partial charge < -0.3 is 4.74 Å². The number of aryl methyl sites for hydroxylation is 1. The molecular weight excluding hydrogens is 462 g/mol. The zero-order valence-corrected chi connectivity index (χ0v) is 20.9. The second-order valence-corrected chi connectivity index (χ2v) is 10.5. The van der Waals surface area contributed by atoms with Crippen LogP contribution < -0.4 is 4.90 Å². The number of hydrogen-bond acceptors (Lipinski definition) is 6. The molecular formula is C24H28ClN3O2S2. The van der Waals surface area contributed by atoms with Crippen molar-refractivity contribution in [3.05, 3.63) is 52.5 Å². The summed E-state index contributed by atoms with van der Waals surface area (Å²) < 4.78 is 6.46. The van der Waals surface area contributed by atoms with Gasteiger partial charge in [0.15, 0.2) is 5.13 Å². The van der Waals surface area contributed by atoms with Gasteiger partial charge in [-0.1, -0.05) is 42.0 Å². The van der Waals surface area contributed by atoms with E-state index < -0.39 is 0 Å². The van der Waals surface area contributed by atoms with E-state index in [1.807, 2.05) is 48.2 Å². The third kappa shape index (κ3) is 5.46. The summed E-state index contributed by atoms with van der Waals surface area (Å²) in [5.74, 6) is 0.923. The van der Waals surface area contributed by atoms with Crippen LogP contribution in [0.4, 0.5) is 5.13 Å². The van der Waals surface area contributed by atoms with Crippen molar-refractivity contribution in [3.8, 4) is 0 Å². The van der Waals surface area contributed by atoms with Crippen LogP contribution in [0.25, 0.3) is 10.2 Å². The number of rotatable bonds is 8. The topological polar surface area (TPSA) is 45.7 Å². The Kier molecular flexibility index (Phi) is 8.07. The van der Waals surface area contributed by atoms with Crippen molar-refractivity contribution in [1.29, 1.82) is 0 Å². The highest BCUT2D eigenvalue weighted by molar-refractivity contribution is 7.99. The van der Waals surface area contributed by atoms with Gasteiger partial charge in [0, 0.05) is 36.1 Å². The minimum absolute atomic E-state index is 0.00586. The van der Waals surface area contributed by atoms with E-state index in [1.165, 1.54) is 11.3 Å². The number of aromatic nitrogens is 1. The van der Waals surface area contributed by atoms with Gasteiger partial charge >= 0.3 is 0 Å². The highest BCUT2D eigenvalue weighted by Crippen LogP contribution is 2.34. The lowest BCUT2D eigenvalue weighted by molar-refractivity contribution is 0.0376. The number of carbonyl (C=O) groups excluding carboxylic acids is 1. The molecule has 32 heavy (non-hydrogen) atoms. The van der Waals surface area contributed by atoms with Gasteiger partial charge in [-0.15, -0.1) is 11.8 Å². The number of thioether (sulfide) groups is 1. The maximum absolute atomic E-state index is 13.8. The molecule has 0 N–H and O–H groups in total. The Balaban J connectivity index is 1.63. The Hall–Kier alpha value is -1.64. The van der Waals surface area contributed by atoms with Crippen LogP contribution in [0.1, 0.15) is 29.3 Å². The summed E-state index contributed by atoms with van der Waals surface area (Å²) >= 11 is 9.50. The van der Waals surface area contributed by atoms with E-state index in [0.717, 1.165) is 76.4 Å². The molecule has 4 rings (SSSR count). The van der Waals surface area contributed by atoms with Crippen LogP contribution in [0.2, 0.25) is 5.02 Å². The van der Waals surface area contributed by atoms with E-state index in [0.29, 0.717) is 11.6 Å². The first-order valence-electron chi connectivity index (χ1n) is 11.0. The fourth-order valence-electron chi connectivity index (χ4n) is 3.89. The molecule has 0 radical (unpaired) electrons. The number of amides is 1. The van der Waals surface area contributed by atoms with Crippen molar-refractivity contribution >= 4 is 56.0 Å². The fourth-order valence-corrected chi connectivity index (χ4v) is 6.13. The lowest BCUT2D eigenvalue weighted by atomic mass is 10.2. The molecule has 5 nitrogen and oxygen atoms in total. The Morgan fingerprint density at radius 2 is 2.06 bits per heavy atom. The van der Waals surface area contributed by atoms with Crippen molar-refractivity contribution in [2.45, 2.75) is 25.2 Å². The molecule has 0 aliphatic carbocycles. The highest BCUT2D eigenvalue weighted by atomic mass is 35.5. The number of morpholine rings is 1. The average Bonchev–Trinajstić information content (AvgIpc) is 3.22. The van der Waals surface area contributed by atoms with E-state index in [1.54, 1.807) is 11.8 Å². The van der Waals surface area contributed by atoms with Crippen molar-refractivity contribution in [3.63, 3.8) is 0 Å². The predicted octanol–water partition coefficient (Wildman–Crippen LogP) is 5.74. The number of fused-ring (bicyclic) bond motifs is 1. The summed E-state index contributed by atoms with van der Waals surface area (Å²) in [6.07, 6.45) is 0.879. The largest absolute Gasteiger partial charge is 0.379 e. The van der Waals surface area contributed by atoms with Crippen molar-refractivity contribution in [2.75, 3.05) is 50.0 Å². The van der Waals surface area contributed by atoms with Crippen LogP contribution in [-0.4, -0.2) is 60.9 Å². The molecule has 3 aromatic rings. The molecule has 8 heteroatoms. The van der Waals surface area contributed by atoms with Crippen LogP contribution in [0.3, 0.4) is 0 Å². The predicted molar refractivity (Wildman–Crippen MR) is 136 cm³/mol.